The molecule has 1 aromatic carbocycles. The molecule has 1 aromatic rings. The van der Waals surface area contributed by atoms with E-state index >= 15 is 0 Å². The smallest absolute Gasteiger partial charge is 0.547 e. The maximum Gasteiger partial charge on any atom is 0.547 e. The Labute approximate surface area is 141 Å². The first-order chi connectivity index (χ1) is 10.1. The zero-order valence-corrected chi connectivity index (χ0v) is 16.8. The quantitative estimate of drug-likeness (QED) is 0.602. The van der Waals surface area contributed by atoms with Crippen LogP contribution in [0.25, 0.3) is 0 Å². The minimum atomic E-state index is -1.24. The van der Waals surface area contributed by atoms with Gasteiger partial charge in [-0.3, -0.25) is 0 Å². The Balaban J connectivity index is 3.07. The van der Waals surface area contributed by atoms with Crippen LogP contribution in [-0.4, -0.2) is 21.6 Å². The summed E-state index contributed by atoms with van der Waals surface area (Å²) in [5.74, 6) is 3.37. The minimum Gasteiger partial charge on any atom is -0.642 e. The van der Waals surface area contributed by atoms with Crippen LogP contribution in [0, 0.1) is 11.8 Å². The molecular weight excluding hydrogens is 287 g/mol. The number of rotatable bonds is 7. The van der Waals surface area contributed by atoms with Crippen LogP contribution in [0.3, 0.4) is 0 Å². The molecule has 0 aliphatic carbocycles. The molecule has 0 saturated carbocycles. The van der Waals surface area contributed by atoms with Crippen LogP contribution in [0.5, 0.6) is 11.5 Å². The molecule has 0 radical (unpaired) electrons. The Kier molecular flexibility index (Phi) is 7.30. The molecule has 22 heavy (non-hydrogen) atoms. The number of methoxy groups -OCH3 is 1. The summed E-state index contributed by atoms with van der Waals surface area (Å²) < 4.78 is 12.0. The van der Waals surface area contributed by atoms with Crippen molar-refractivity contribution < 1.29 is 8.53 Å². The molecule has 1 rings (SSSR count). The molecule has 0 aromatic heterocycles. The number of ether oxygens (including phenoxy) is 1. The third-order valence-electron chi connectivity index (χ3n) is 3.76. The van der Waals surface area contributed by atoms with Crippen molar-refractivity contribution in [2.45, 2.75) is 64.4 Å². The van der Waals surface area contributed by atoms with E-state index in [0.29, 0.717) is 11.8 Å². The second-order valence-electron chi connectivity index (χ2n) is 8.11. The van der Waals surface area contributed by atoms with Gasteiger partial charge in [0.15, 0.2) is 0 Å². The van der Waals surface area contributed by atoms with E-state index in [1.165, 1.54) is 16.1 Å². The molecule has 0 spiro atoms. The van der Waals surface area contributed by atoms with Crippen LogP contribution in [0.15, 0.2) is 18.2 Å². The Morgan fingerprint density at radius 3 is 1.95 bits per heavy atom. The van der Waals surface area contributed by atoms with Crippen LogP contribution in [0.2, 0.25) is 10.6 Å². The molecule has 0 aliphatic rings. The van der Waals surface area contributed by atoms with Crippen molar-refractivity contribution in [2.24, 2.45) is 11.8 Å². The summed E-state index contributed by atoms with van der Waals surface area (Å²) in [6.07, 6.45) is 0. The Hall–Kier alpha value is -0.648. The van der Waals surface area contributed by atoms with E-state index in [0.717, 1.165) is 11.5 Å². The number of benzene rings is 1. The van der Waals surface area contributed by atoms with Gasteiger partial charge in [-0.05, 0) is 29.2 Å². The lowest BCUT2D eigenvalue weighted by molar-refractivity contribution is 0.410. The van der Waals surface area contributed by atoms with Gasteiger partial charge in [-0.25, -0.2) is 0 Å². The molecule has 0 N–H and O–H groups in total. The monoisotopic (exact) mass is 320 g/mol. The van der Waals surface area contributed by atoms with Crippen molar-refractivity contribution >= 4 is 14.5 Å². The summed E-state index contributed by atoms with van der Waals surface area (Å²) in [7, 11) is 1.72. The van der Waals surface area contributed by atoms with Crippen molar-refractivity contribution in [3.05, 3.63) is 23.8 Å². The Morgan fingerprint density at radius 1 is 1.00 bits per heavy atom. The lowest BCUT2D eigenvalue weighted by atomic mass is 9.86. The first-order valence-corrected chi connectivity index (χ1v) is 10.6. The van der Waals surface area contributed by atoms with Crippen molar-refractivity contribution in [2.75, 3.05) is 7.11 Å². The highest BCUT2D eigenvalue weighted by atomic mass is 27.2. The summed E-state index contributed by atoms with van der Waals surface area (Å²) >= 11 is -1.24. The summed E-state index contributed by atoms with van der Waals surface area (Å²) in [5, 5.41) is 2.46. The Morgan fingerprint density at radius 2 is 1.55 bits per heavy atom. The van der Waals surface area contributed by atoms with Gasteiger partial charge in [-0.2, -0.15) is 0 Å². The highest BCUT2D eigenvalue weighted by Gasteiger charge is 2.28. The van der Waals surface area contributed by atoms with Crippen molar-refractivity contribution in [3.8, 4) is 11.5 Å². The summed E-state index contributed by atoms with van der Waals surface area (Å²) in [5.41, 5.74) is 1.30. The lowest BCUT2D eigenvalue weighted by Crippen LogP contribution is -2.27. The Bertz CT molecular complexity index is 451. The van der Waals surface area contributed by atoms with Crippen molar-refractivity contribution in [1.29, 1.82) is 0 Å². The van der Waals surface area contributed by atoms with Gasteiger partial charge in [0.05, 0.1) is 12.9 Å². The fraction of sp³-hybridized carbons (Fsp3) is 0.684. The van der Waals surface area contributed by atoms with E-state index in [2.05, 4.69) is 60.6 Å². The molecule has 0 fully saturated rings. The van der Waals surface area contributed by atoms with E-state index in [-0.39, 0.29) is 5.41 Å². The average molecular weight is 320 g/mol. The SMILES string of the molecule is COc1ccc([O][Al]([CH2]C(C)C)[CH2]C(C)C)c(C(C)(C)C)c1. The summed E-state index contributed by atoms with van der Waals surface area (Å²) in [6.45, 7) is 15.9. The molecule has 3 heteroatoms. The van der Waals surface area contributed by atoms with E-state index < -0.39 is 14.5 Å². The van der Waals surface area contributed by atoms with Crippen molar-refractivity contribution in [3.63, 3.8) is 0 Å². The van der Waals surface area contributed by atoms with Gasteiger partial charge in [0.25, 0.3) is 0 Å². The van der Waals surface area contributed by atoms with Gasteiger partial charge < -0.3 is 8.53 Å². The molecule has 2 nitrogen and oxygen atoms in total. The maximum absolute atomic E-state index is 6.58. The second-order valence-corrected chi connectivity index (χ2v) is 10.5. The predicted molar refractivity (Wildman–Crippen MR) is 97.4 cm³/mol. The summed E-state index contributed by atoms with van der Waals surface area (Å²) in [6, 6.07) is 6.24. The molecule has 0 amide bonds. The third kappa shape index (κ3) is 6.23. The predicted octanol–water partition coefficient (Wildman–Crippen LogP) is 5.68. The standard InChI is InChI=1S/C11H16O2.2C4H9.Al/c1-11(2,3)9-7-8(13-4)5-6-10(9)12;2*1-4(2)3;/h5-7,12H,1-4H3;2*4H,1H2,2-3H3;/q;;;+1/p-1. The van der Waals surface area contributed by atoms with Gasteiger partial charge in [-0.1, -0.05) is 70.9 Å². The van der Waals surface area contributed by atoms with Gasteiger partial charge in [-0.15, -0.1) is 0 Å². The normalized spacial score (nSPS) is 11.9. The number of hydrogen-bond acceptors (Lipinski definition) is 2. The molecular formula is C19H33AlO2. The van der Waals surface area contributed by atoms with Crippen LogP contribution >= 0.6 is 0 Å². The zero-order chi connectivity index (χ0) is 16.9. The van der Waals surface area contributed by atoms with Gasteiger partial charge in [0.1, 0.15) is 5.75 Å². The largest absolute Gasteiger partial charge is 0.642 e. The molecule has 0 unspecified atom stereocenters. The fourth-order valence-electron chi connectivity index (χ4n) is 2.75. The molecule has 0 heterocycles. The maximum atomic E-state index is 6.58. The third-order valence-corrected chi connectivity index (χ3v) is 7.28. The van der Waals surface area contributed by atoms with Gasteiger partial charge in [0.2, 0.25) is 0 Å². The van der Waals surface area contributed by atoms with Gasteiger partial charge >= 0.3 is 14.5 Å². The average Bonchev–Trinajstić information content (AvgIpc) is 2.36. The number of hydrogen-bond donors (Lipinski definition) is 0. The van der Waals surface area contributed by atoms with Crippen LogP contribution in [0.1, 0.15) is 54.0 Å². The first kappa shape index (κ1) is 19.4. The topological polar surface area (TPSA) is 18.5 Å². The molecule has 0 saturated heterocycles. The lowest BCUT2D eigenvalue weighted by Gasteiger charge is -2.27. The highest BCUT2D eigenvalue weighted by molar-refractivity contribution is 6.52. The molecule has 0 bridgehead atoms. The van der Waals surface area contributed by atoms with E-state index in [1.54, 1.807) is 7.11 Å². The first-order valence-electron chi connectivity index (χ1n) is 8.48. The fourth-order valence-corrected chi connectivity index (χ4v) is 5.80. The molecule has 124 valence electrons. The zero-order valence-electron chi connectivity index (χ0n) is 15.7. The van der Waals surface area contributed by atoms with Crippen LogP contribution in [-0.2, 0) is 5.41 Å². The van der Waals surface area contributed by atoms with Gasteiger partial charge in [0, 0.05) is 0 Å². The minimum absolute atomic E-state index is 0.0541. The summed E-state index contributed by atoms with van der Waals surface area (Å²) in [4.78, 5) is 0. The second kappa shape index (κ2) is 8.27. The van der Waals surface area contributed by atoms with Crippen LogP contribution in [0.4, 0.5) is 0 Å². The van der Waals surface area contributed by atoms with E-state index in [1.807, 2.05) is 6.07 Å². The highest BCUT2D eigenvalue weighted by Crippen LogP contribution is 2.35. The van der Waals surface area contributed by atoms with E-state index in [9.17, 15) is 0 Å². The van der Waals surface area contributed by atoms with E-state index in [4.69, 9.17) is 8.53 Å². The molecule has 0 atom stereocenters. The molecule has 0 aliphatic heterocycles. The van der Waals surface area contributed by atoms with Crippen molar-refractivity contribution in [1.82, 2.24) is 0 Å². The van der Waals surface area contributed by atoms with Crippen LogP contribution < -0.4 is 8.53 Å².